The molecule has 4 heteroatoms. The first-order valence-corrected chi connectivity index (χ1v) is 4.79. The molecule has 1 aromatic rings. The summed E-state index contributed by atoms with van der Waals surface area (Å²) in [6.07, 6.45) is -0.258. The molecule has 0 spiro atoms. The summed E-state index contributed by atoms with van der Waals surface area (Å²) in [6, 6.07) is 5.60. The molecule has 0 saturated heterocycles. The molecular formula is C9H9BrO3. The minimum Gasteiger partial charge on any atom is -0.486 e. The van der Waals surface area contributed by atoms with E-state index in [0.29, 0.717) is 12.4 Å². The number of ether oxygens (including phenoxy) is 2. The van der Waals surface area contributed by atoms with Gasteiger partial charge in [-0.15, -0.1) is 0 Å². The zero-order valence-electron chi connectivity index (χ0n) is 6.87. The maximum atomic E-state index is 8.89. The minimum atomic E-state index is -0.258. The Morgan fingerprint density at radius 1 is 1.54 bits per heavy atom. The van der Waals surface area contributed by atoms with Crippen molar-refractivity contribution in [3.8, 4) is 11.5 Å². The van der Waals surface area contributed by atoms with Gasteiger partial charge in [0.1, 0.15) is 6.61 Å². The van der Waals surface area contributed by atoms with Gasteiger partial charge >= 0.3 is 0 Å². The van der Waals surface area contributed by atoms with Crippen molar-refractivity contribution >= 4 is 15.9 Å². The van der Waals surface area contributed by atoms with Gasteiger partial charge in [-0.25, -0.2) is 0 Å². The van der Waals surface area contributed by atoms with Gasteiger partial charge in [-0.05, 0) is 28.1 Å². The SMILES string of the molecule is OC[C@@H]1COc2cccc(Br)c2O1. The summed E-state index contributed by atoms with van der Waals surface area (Å²) in [5.41, 5.74) is 0. The van der Waals surface area contributed by atoms with Crippen LogP contribution >= 0.6 is 15.9 Å². The molecule has 0 amide bonds. The van der Waals surface area contributed by atoms with E-state index in [9.17, 15) is 0 Å². The van der Waals surface area contributed by atoms with Crippen LogP contribution in [0, 0.1) is 0 Å². The number of hydrogen-bond donors (Lipinski definition) is 1. The van der Waals surface area contributed by atoms with Crippen molar-refractivity contribution in [3.05, 3.63) is 22.7 Å². The first-order valence-electron chi connectivity index (χ1n) is 4.00. The molecule has 0 unspecified atom stereocenters. The lowest BCUT2D eigenvalue weighted by Gasteiger charge is -2.25. The van der Waals surface area contributed by atoms with E-state index in [-0.39, 0.29) is 12.7 Å². The Morgan fingerprint density at radius 3 is 3.15 bits per heavy atom. The average molecular weight is 245 g/mol. The second kappa shape index (κ2) is 3.55. The molecule has 0 bridgehead atoms. The van der Waals surface area contributed by atoms with Gasteiger partial charge in [0.2, 0.25) is 0 Å². The predicted octanol–water partition coefficient (Wildman–Crippen LogP) is 1.58. The van der Waals surface area contributed by atoms with Crippen LogP contribution in [0.15, 0.2) is 22.7 Å². The number of benzene rings is 1. The molecule has 0 fully saturated rings. The Kier molecular flexibility index (Phi) is 2.42. The molecular weight excluding hydrogens is 236 g/mol. The molecule has 2 rings (SSSR count). The number of halogens is 1. The van der Waals surface area contributed by atoms with Crippen LogP contribution in [-0.4, -0.2) is 24.4 Å². The second-order valence-corrected chi connectivity index (χ2v) is 3.65. The van der Waals surface area contributed by atoms with Gasteiger partial charge < -0.3 is 14.6 Å². The monoisotopic (exact) mass is 244 g/mol. The lowest BCUT2D eigenvalue weighted by molar-refractivity contribution is 0.0449. The first kappa shape index (κ1) is 8.84. The summed E-state index contributed by atoms with van der Waals surface area (Å²) in [6.45, 7) is 0.376. The van der Waals surface area contributed by atoms with Crippen molar-refractivity contribution in [1.82, 2.24) is 0 Å². The Morgan fingerprint density at radius 2 is 2.38 bits per heavy atom. The van der Waals surface area contributed by atoms with Gasteiger partial charge in [-0.3, -0.25) is 0 Å². The number of fused-ring (bicyclic) bond motifs is 1. The Bertz CT molecular complexity index is 314. The van der Waals surface area contributed by atoms with E-state index < -0.39 is 0 Å². The van der Waals surface area contributed by atoms with Crippen molar-refractivity contribution in [3.63, 3.8) is 0 Å². The molecule has 0 radical (unpaired) electrons. The van der Waals surface area contributed by atoms with Gasteiger partial charge in [-0.1, -0.05) is 6.07 Å². The fourth-order valence-corrected chi connectivity index (χ4v) is 1.63. The summed E-state index contributed by atoms with van der Waals surface area (Å²) in [7, 11) is 0. The van der Waals surface area contributed by atoms with Crippen molar-refractivity contribution in [2.75, 3.05) is 13.2 Å². The van der Waals surface area contributed by atoms with Crippen LogP contribution in [0.5, 0.6) is 11.5 Å². The van der Waals surface area contributed by atoms with Crippen LogP contribution in [0.2, 0.25) is 0 Å². The van der Waals surface area contributed by atoms with Crippen LogP contribution in [0.4, 0.5) is 0 Å². The normalized spacial score (nSPS) is 20.0. The molecule has 1 aliphatic heterocycles. The number of aliphatic hydroxyl groups is 1. The molecule has 1 atom stereocenters. The van der Waals surface area contributed by atoms with Gasteiger partial charge in [-0.2, -0.15) is 0 Å². The fourth-order valence-electron chi connectivity index (χ4n) is 1.19. The van der Waals surface area contributed by atoms with Crippen molar-refractivity contribution in [2.45, 2.75) is 6.10 Å². The van der Waals surface area contributed by atoms with E-state index in [1.165, 1.54) is 0 Å². The first-order chi connectivity index (χ1) is 6.31. The summed E-state index contributed by atoms with van der Waals surface area (Å²) >= 11 is 3.35. The van der Waals surface area contributed by atoms with Crippen LogP contribution < -0.4 is 9.47 Å². The Balaban J connectivity index is 2.32. The highest BCUT2D eigenvalue weighted by atomic mass is 79.9. The van der Waals surface area contributed by atoms with Crippen molar-refractivity contribution < 1.29 is 14.6 Å². The van der Waals surface area contributed by atoms with Gasteiger partial charge in [0.05, 0.1) is 11.1 Å². The minimum absolute atomic E-state index is 0.0270. The smallest absolute Gasteiger partial charge is 0.176 e. The number of rotatable bonds is 1. The third-order valence-corrected chi connectivity index (χ3v) is 2.47. The van der Waals surface area contributed by atoms with Gasteiger partial charge in [0.15, 0.2) is 17.6 Å². The highest BCUT2D eigenvalue weighted by molar-refractivity contribution is 9.10. The Hall–Kier alpha value is -0.740. The van der Waals surface area contributed by atoms with Crippen LogP contribution in [-0.2, 0) is 0 Å². The standard InChI is InChI=1S/C9H9BrO3/c10-7-2-1-3-8-9(7)13-6(4-11)5-12-8/h1-3,6,11H,4-5H2/t6-/m1/s1. The number of aliphatic hydroxyl groups excluding tert-OH is 1. The predicted molar refractivity (Wildman–Crippen MR) is 51.1 cm³/mol. The lowest BCUT2D eigenvalue weighted by atomic mass is 10.3. The van der Waals surface area contributed by atoms with Crippen molar-refractivity contribution in [2.24, 2.45) is 0 Å². The molecule has 3 nitrogen and oxygen atoms in total. The van der Waals surface area contributed by atoms with E-state index in [0.717, 1.165) is 10.2 Å². The summed E-state index contributed by atoms with van der Waals surface area (Å²) < 4.78 is 11.7. The molecule has 0 aromatic heterocycles. The third-order valence-electron chi connectivity index (χ3n) is 1.84. The Labute approximate surface area is 84.4 Å². The molecule has 70 valence electrons. The molecule has 1 N–H and O–H groups in total. The highest BCUT2D eigenvalue weighted by Gasteiger charge is 2.21. The lowest BCUT2D eigenvalue weighted by Crippen LogP contribution is -2.32. The van der Waals surface area contributed by atoms with Gasteiger partial charge in [0, 0.05) is 0 Å². The van der Waals surface area contributed by atoms with Gasteiger partial charge in [0.25, 0.3) is 0 Å². The highest BCUT2D eigenvalue weighted by Crippen LogP contribution is 2.38. The quantitative estimate of drug-likeness (QED) is 0.816. The molecule has 0 aliphatic carbocycles. The number of hydrogen-bond acceptors (Lipinski definition) is 3. The maximum Gasteiger partial charge on any atom is 0.176 e. The van der Waals surface area contributed by atoms with E-state index in [4.69, 9.17) is 14.6 Å². The van der Waals surface area contributed by atoms with E-state index in [2.05, 4.69) is 15.9 Å². The number of para-hydroxylation sites is 1. The molecule has 1 heterocycles. The van der Waals surface area contributed by atoms with Crippen LogP contribution in [0.1, 0.15) is 0 Å². The average Bonchev–Trinajstić information content (AvgIpc) is 2.18. The zero-order chi connectivity index (χ0) is 9.26. The molecule has 1 aliphatic rings. The maximum absolute atomic E-state index is 8.89. The topological polar surface area (TPSA) is 38.7 Å². The summed E-state index contributed by atoms with van der Waals surface area (Å²) in [5, 5.41) is 8.89. The molecule has 1 aromatic carbocycles. The third kappa shape index (κ3) is 1.64. The fraction of sp³-hybridized carbons (Fsp3) is 0.333. The van der Waals surface area contributed by atoms with E-state index >= 15 is 0 Å². The van der Waals surface area contributed by atoms with Crippen LogP contribution in [0.25, 0.3) is 0 Å². The van der Waals surface area contributed by atoms with Crippen LogP contribution in [0.3, 0.4) is 0 Å². The molecule has 13 heavy (non-hydrogen) atoms. The largest absolute Gasteiger partial charge is 0.486 e. The zero-order valence-corrected chi connectivity index (χ0v) is 8.45. The van der Waals surface area contributed by atoms with E-state index in [1.54, 1.807) is 0 Å². The second-order valence-electron chi connectivity index (χ2n) is 2.80. The summed E-state index contributed by atoms with van der Waals surface area (Å²) in [5.74, 6) is 1.40. The van der Waals surface area contributed by atoms with Crippen molar-refractivity contribution in [1.29, 1.82) is 0 Å². The summed E-state index contributed by atoms with van der Waals surface area (Å²) in [4.78, 5) is 0. The van der Waals surface area contributed by atoms with E-state index in [1.807, 2.05) is 18.2 Å². The molecule has 0 saturated carbocycles.